The minimum absolute atomic E-state index is 0.0693. The molecule has 0 aliphatic carbocycles. The normalized spacial score (nSPS) is 18.1. The van der Waals surface area contributed by atoms with Gasteiger partial charge >= 0.3 is 5.69 Å². The van der Waals surface area contributed by atoms with Crippen molar-refractivity contribution in [1.29, 1.82) is 0 Å². The van der Waals surface area contributed by atoms with Crippen LogP contribution in [0.2, 0.25) is 0 Å². The first-order valence-corrected chi connectivity index (χ1v) is 9.76. The molecule has 2 heterocycles. The van der Waals surface area contributed by atoms with Gasteiger partial charge in [0.2, 0.25) is 10.0 Å². The second-order valence-corrected chi connectivity index (χ2v) is 8.04. The van der Waals surface area contributed by atoms with Crippen LogP contribution in [0.1, 0.15) is 24.2 Å². The van der Waals surface area contributed by atoms with Gasteiger partial charge in [0.15, 0.2) is 0 Å². The summed E-state index contributed by atoms with van der Waals surface area (Å²) in [6.07, 6.45) is 2.34. The molecule has 2 aromatic rings. The van der Waals surface area contributed by atoms with Crippen LogP contribution in [0.4, 0.5) is 0 Å². The molecule has 0 saturated carbocycles. The van der Waals surface area contributed by atoms with E-state index in [2.05, 4.69) is 9.82 Å². The Bertz CT molecular complexity index is 855. The molecule has 8 heteroatoms. The van der Waals surface area contributed by atoms with Crippen molar-refractivity contribution in [3.63, 3.8) is 0 Å². The molecule has 1 atom stereocenters. The number of benzene rings is 1. The molecule has 0 radical (unpaired) electrons. The van der Waals surface area contributed by atoms with Crippen LogP contribution in [-0.2, 0) is 36.5 Å². The highest BCUT2D eigenvalue weighted by Gasteiger charge is 2.23. The van der Waals surface area contributed by atoms with E-state index in [1.54, 1.807) is 11.6 Å². The highest BCUT2D eigenvalue weighted by Crippen LogP contribution is 2.13. The summed E-state index contributed by atoms with van der Waals surface area (Å²) in [5.41, 5.74) is 0.866. The summed E-state index contributed by atoms with van der Waals surface area (Å²) >= 11 is 0. The highest BCUT2D eigenvalue weighted by atomic mass is 32.2. The van der Waals surface area contributed by atoms with Crippen molar-refractivity contribution >= 4 is 10.0 Å². The minimum atomic E-state index is -3.35. The van der Waals surface area contributed by atoms with E-state index in [9.17, 15) is 13.2 Å². The summed E-state index contributed by atoms with van der Waals surface area (Å²) in [5, 5.41) is 4.21. The Kier molecular flexibility index (Phi) is 4.86. The molecule has 0 spiro atoms. The van der Waals surface area contributed by atoms with Gasteiger partial charge in [-0.25, -0.2) is 22.6 Å². The van der Waals surface area contributed by atoms with Gasteiger partial charge in [0.1, 0.15) is 5.82 Å². The fourth-order valence-corrected chi connectivity index (χ4v) is 4.39. The van der Waals surface area contributed by atoms with Crippen molar-refractivity contribution < 1.29 is 8.42 Å². The number of nitrogens with zero attached hydrogens (tertiary/aromatic N) is 3. The SMILES string of the molecule is Cn1nc2n(c1=O)CCC(NS(=O)(=O)CCc1ccccc1)CC2. The van der Waals surface area contributed by atoms with Crippen molar-refractivity contribution in [1.82, 2.24) is 19.1 Å². The zero-order chi connectivity index (χ0) is 17.2. The first kappa shape index (κ1) is 16.9. The van der Waals surface area contributed by atoms with Crippen LogP contribution in [0.15, 0.2) is 35.1 Å². The van der Waals surface area contributed by atoms with E-state index in [0.717, 1.165) is 11.4 Å². The lowest BCUT2D eigenvalue weighted by Gasteiger charge is -2.16. The fraction of sp³-hybridized carbons (Fsp3) is 0.500. The Hall–Kier alpha value is -1.93. The van der Waals surface area contributed by atoms with Gasteiger partial charge < -0.3 is 0 Å². The summed E-state index contributed by atoms with van der Waals surface area (Å²) in [7, 11) is -1.71. The number of sulfonamides is 1. The predicted octanol–water partition coefficient (Wildman–Crippen LogP) is 0.449. The van der Waals surface area contributed by atoms with Crippen molar-refractivity contribution in [3.8, 4) is 0 Å². The maximum absolute atomic E-state index is 12.3. The van der Waals surface area contributed by atoms with Crippen LogP contribution >= 0.6 is 0 Å². The zero-order valence-electron chi connectivity index (χ0n) is 13.7. The molecule has 0 amide bonds. The molecule has 1 aromatic heterocycles. The van der Waals surface area contributed by atoms with E-state index in [1.807, 2.05) is 30.3 Å². The molecule has 130 valence electrons. The highest BCUT2D eigenvalue weighted by molar-refractivity contribution is 7.89. The van der Waals surface area contributed by atoms with Crippen LogP contribution in [0, 0.1) is 0 Å². The summed E-state index contributed by atoms with van der Waals surface area (Å²) < 4.78 is 30.4. The Balaban J connectivity index is 1.59. The number of fused-ring (bicyclic) bond motifs is 1. The Morgan fingerprint density at radius 2 is 2.00 bits per heavy atom. The molecular weight excluding hydrogens is 328 g/mol. The molecule has 7 nitrogen and oxygen atoms in total. The summed E-state index contributed by atoms with van der Waals surface area (Å²) in [4.78, 5) is 11.9. The molecule has 1 aromatic carbocycles. The van der Waals surface area contributed by atoms with Crippen LogP contribution in [0.3, 0.4) is 0 Å². The first-order chi connectivity index (χ1) is 11.4. The quantitative estimate of drug-likeness (QED) is 0.848. The van der Waals surface area contributed by atoms with Crippen molar-refractivity contribution in [2.45, 2.75) is 38.3 Å². The first-order valence-electron chi connectivity index (χ1n) is 8.11. The summed E-state index contributed by atoms with van der Waals surface area (Å²) in [6, 6.07) is 9.42. The van der Waals surface area contributed by atoms with Crippen molar-refractivity contribution in [3.05, 3.63) is 52.2 Å². The van der Waals surface area contributed by atoms with Gasteiger partial charge in [-0.1, -0.05) is 30.3 Å². The van der Waals surface area contributed by atoms with E-state index in [1.165, 1.54) is 4.68 Å². The third-order valence-electron chi connectivity index (χ3n) is 4.35. The fourth-order valence-electron chi connectivity index (χ4n) is 3.02. The molecule has 3 rings (SSSR count). The molecule has 1 aliphatic rings. The number of aryl methyl sites for hydroxylation is 3. The van der Waals surface area contributed by atoms with Gasteiger partial charge in [0, 0.05) is 26.1 Å². The number of rotatable bonds is 5. The number of nitrogens with one attached hydrogen (secondary N) is 1. The molecule has 0 fully saturated rings. The van der Waals surface area contributed by atoms with Crippen LogP contribution in [-0.4, -0.2) is 34.6 Å². The van der Waals surface area contributed by atoms with Crippen LogP contribution < -0.4 is 10.4 Å². The molecule has 0 bridgehead atoms. The van der Waals surface area contributed by atoms with Gasteiger partial charge in [0.05, 0.1) is 5.75 Å². The number of hydrogen-bond acceptors (Lipinski definition) is 4. The molecule has 0 saturated heterocycles. The van der Waals surface area contributed by atoms with Gasteiger partial charge in [-0.3, -0.25) is 4.57 Å². The number of aromatic nitrogens is 3. The maximum Gasteiger partial charge on any atom is 0.345 e. The lowest BCUT2D eigenvalue weighted by atomic mass is 10.1. The summed E-state index contributed by atoms with van der Waals surface area (Å²) in [5.74, 6) is 0.799. The molecule has 24 heavy (non-hydrogen) atoms. The van der Waals surface area contributed by atoms with Crippen molar-refractivity contribution in [2.24, 2.45) is 7.05 Å². The van der Waals surface area contributed by atoms with E-state index in [4.69, 9.17) is 0 Å². The minimum Gasteiger partial charge on any atom is -0.279 e. The third-order valence-corrected chi connectivity index (χ3v) is 5.78. The largest absolute Gasteiger partial charge is 0.345 e. The molecular formula is C16H22N4O3S. The zero-order valence-corrected chi connectivity index (χ0v) is 14.5. The molecule has 1 N–H and O–H groups in total. The monoisotopic (exact) mass is 350 g/mol. The van der Waals surface area contributed by atoms with E-state index in [-0.39, 0.29) is 17.5 Å². The van der Waals surface area contributed by atoms with Gasteiger partial charge in [-0.2, -0.15) is 5.10 Å². The topological polar surface area (TPSA) is 86.0 Å². The number of hydrogen-bond donors (Lipinski definition) is 1. The van der Waals surface area contributed by atoms with Crippen LogP contribution in [0.25, 0.3) is 0 Å². The second kappa shape index (κ2) is 6.90. The Labute approximate surface area is 141 Å². The van der Waals surface area contributed by atoms with Gasteiger partial charge in [-0.05, 0) is 24.8 Å². The molecule has 1 unspecified atom stereocenters. The lowest BCUT2D eigenvalue weighted by Crippen LogP contribution is -2.37. The molecule has 1 aliphatic heterocycles. The smallest absolute Gasteiger partial charge is 0.279 e. The van der Waals surface area contributed by atoms with Crippen molar-refractivity contribution in [2.75, 3.05) is 5.75 Å². The third kappa shape index (κ3) is 3.93. The Morgan fingerprint density at radius 3 is 2.75 bits per heavy atom. The maximum atomic E-state index is 12.3. The van der Waals surface area contributed by atoms with Gasteiger partial charge in [0.25, 0.3) is 0 Å². The van der Waals surface area contributed by atoms with Crippen LogP contribution in [0.5, 0.6) is 0 Å². The van der Waals surface area contributed by atoms with E-state index < -0.39 is 10.0 Å². The standard InChI is InChI=1S/C16H22N4O3S/c1-19-16(21)20-11-9-14(7-8-15(20)17-19)18-24(22,23)12-10-13-5-3-2-4-6-13/h2-6,14,18H,7-12H2,1H3. The van der Waals surface area contributed by atoms with E-state index in [0.29, 0.717) is 32.2 Å². The Morgan fingerprint density at radius 1 is 1.25 bits per heavy atom. The average molecular weight is 350 g/mol. The summed E-state index contributed by atoms with van der Waals surface area (Å²) in [6.45, 7) is 0.494. The van der Waals surface area contributed by atoms with Gasteiger partial charge in [-0.15, -0.1) is 0 Å². The predicted molar refractivity (Wildman–Crippen MR) is 91.3 cm³/mol. The van der Waals surface area contributed by atoms with E-state index >= 15 is 0 Å². The lowest BCUT2D eigenvalue weighted by molar-refractivity contribution is 0.490. The average Bonchev–Trinajstić information content (AvgIpc) is 2.71. The second-order valence-electron chi connectivity index (χ2n) is 6.17.